The van der Waals surface area contributed by atoms with Crippen LogP contribution in [-0.4, -0.2) is 37.0 Å². The first-order chi connectivity index (χ1) is 9.06. The highest BCUT2D eigenvalue weighted by atomic mass is 35.5. The van der Waals surface area contributed by atoms with Crippen LogP contribution in [0.2, 0.25) is 5.02 Å². The Bertz CT molecular complexity index is 464. The van der Waals surface area contributed by atoms with Crippen LogP contribution in [0.5, 0.6) is 0 Å². The molecule has 1 aromatic rings. The molecule has 0 spiro atoms. The summed E-state index contributed by atoms with van der Waals surface area (Å²) >= 11 is 6.05. The van der Waals surface area contributed by atoms with Crippen LogP contribution in [0.15, 0.2) is 18.2 Å². The molecule has 1 aliphatic heterocycles. The van der Waals surface area contributed by atoms with Gasteiger partial charge in [-0.3, -0.25) is 4.79 Å². The van der Waals surface area contributed by atoms with Crippen LogP contribution in [0.3, 0.4) is 0 Å². The monoisotopic (exact) mass is 281 g/mol. The standard InChI is InChI=1S/C14H20ClN3O/c1-18-7-2-3-10(6-8-18)17-11-4-5-12(14(16)19)13(15)9-11/h4-5,9-10,17H,2-3,6-8H2,1H3,(H2,16,19). The minimum absolute atomic E-state index is 0.368. The number of nitrogens with zero attached hydrogens (tertiary/aromatic N) is 1. The molecule has 104 valence electrons. The minimum Gasteiger partial charge on any atom is -0.382 e. The molecule has 1 aliphatic rings. The fourth-order valence-corrected chi connectivity index (χ4v) is 2.70. The van der Waals surface area contributed by atoms with E-state index in [1.807, 2.05) is 6.07 Å². The molecule has 0 radical (unpaired) electrons. The molecule has 0 aliphatic carbocycles. The zero-order chi connectivity index (χ0) is 13.8. The van der Waals surface area contributed by atoms with Gasteiger partial charge in [-0.05, 0) is 57.6 Å². The lowest BCUT2D eigenvalue weighted by atomic mass is 10.1. The van der Waals surface area contributed by atoms with E-state index in [4.69, 9.17) is 17.3 Å². The maximum Gasteiger partial charge on any atom is 0.250 e. The van der Waals surface area contributed by atoms with Crippen LogP contribution in [0.4, 0.5) is 5.69 Å². The second kappa shape index (κ2) is 6.26. The summed E-state index contributed by atoms with van der Waals surface area (Å²) in [5, 5.41) is 3.89. The molecular weight excluding hydrogens is 262 g/mol. The van der Waals surface area contributed by atoms with Gasteiger partial charge in [0.2, 0.25) is 5.91 Å². The molecule has 0 bridgehead atoms. The van der Waals surface area contributed by atoms with E-state index >= 15 is 0 Å². The topological polar surface area (TPSA) is 58.4 Å². The van der Waals surface area contributed by atoms with Gasteiger partial charge in [0.1, 0.15) is 0 Å². The number of halogens is 1. The number of nitrogens with two attached hydrogens (primary N) is 1. The smallest absolute Gasteiger partial charge is 0.250 e. The summed E-state index contributed by atoms with van der Waals surface area (Å²) in [5.74, 6) is -0.493. The fraction of sp³-hybridized carbons (Fsp3) is 0.500. The van der Waals surface area contributed by atoms with Crippen molar-refractivity contribution in [1.29, 1.82) is 0 Å². The lowest BCUT2D eigenvalue weighted by Crippen LogP contribution is -2.23. The molecule has 0 aromatic heterocycles. The predicted octanol–water partition coefficient (Wildman–Crippen LogP) is 2.34. The number of hydrogen-bond donors (Lipinski definition) is 2. The highest BCUT2D eigenvalue weighted by Gasteiger charge is 2.15. The number of nitrogens with one attached hydrogen (secondary N) is 1. The van der Waals surface area contributed by atoms with Gasteiger partial charge >= 0.3 is 0 Å². The van der Waals surface area contributed by atoms with Crippen molar-refractivity contribution in [1.82, 2.24) is 4.90 Å². The van der Waals surface area contributed by atoms with Gasteiger partial charge in [-0.15, -0.1) is 0 Å². The lowest BCUT2D eigenvalue weighted by Gasteiger charge is -2.18. The van der Waals surface area contributed by atoms with Gasteiger partial charge < -0.3 is 16.0 Å². The molecule has 1 amide bonds. The SMILES string of the molecule is CN1CCCC(Nc2ccc(C(N)=O)c(Cl)c2)CC1. The van der Waals surface area contributed by atoms with Crippen molar-refractivity contribution in [2.24, 2.45) is 5.73 Å². The highest BCUT2D eigenvalue weighted by molar-refractivity contribution is 6.34. The third-order valence-electron chi connectivity index (χ3n) is 3.56. The molecule has 0 saturated carbocycles. The van der Waals surface area contributed by atoms with Crippen LogP contribution in [0.25, 0.3) is 0 Å². The summed E-state index contributed by atoms with van der Waals surface area (Å²) in [4.78, 5) is 13.5. The van der Waals surface area contributed by atoms with Crippen molar-refractivity contribution >= 4 is 23.2 Å². The number of primary amides is 1. The van der Waals surface area contributed by atoms with Gasteiger partial charge in [0.05, 0.1) is 10.6 Å². The van der Waals surface area contributed by atoms with E-state index in [0.29, 0.717) is 16.6 Å². The number of carbonyl (C=O) groups is 1. The Labute approximate surface area is 118 Å². The first kappa shape index (κ1) is 14.2. The van der Waals surface area contributed by atoms with E-state index < -0.39 is 5.91 Å². The van der Waals surface area contributed by atoms with Gasteiger partial charge in [0.15, 0.2) is 0 Å². The largest absolute Gasteiger partial charge is 0.382 e. The van der Waals surface area contributed by atoms with Crippen molar-refractivity contribution in [2.75, 3.05) is 25.5 Å². The Hall–Kier alpha value is -1.26. The van der Waals surface area contributed by atoms with Gasteiger partial charge in [-0.25, -0.2) is 0 Å². The molecule has 1 atom stereocenters. The zero-order valence-corrected chi connectivity index (χ0v) is 11.9. The number of benzene rings is 1. The van der Waals surface area contributed by atoms with Crippen molar-refractivity contribution in [2.45, 2.75) is 25.3 Å². The maximum atomic E-state index is 11.1. The normalized spacial score (nSPS) is 20.8. The Balaban J connectivity index is 2.03. The number of likely N-dealkylation sites (tertiary alicyclic amines) is 1. The average Bonchev–Trinajstić information content (AvgIpc) is 2.54. The molecule has 1 saturated heterocycles. The Morgan fingerprint density at radius 2 is 2.21 bits per heavy atom. The van der Waals surface area contributed by atoms with E-state index in [9.17, 15) is 4.79 Å². The van der Waals surface area contributed by atoms with E-state index in [0.717, 1.165) is 31.6 Å². The van der Waals surface area contributed by atoms with Crippen LogP contribution in [0, 0.1) is 0 Å². The van der Waals surface area contributed by atoms with Crippen LogP contribution in [0.1, 0.15) is 29.6 Å². The van der Waals surface area contributed by atoms with Gasteiger partial charge in [-0.1, -0.05) is 11.6 Å². The lowest BCUT2D eigenvalue weighted by molar-refractivity contribution is 0.100. The zero-order valence-electron chi connectivity index (χ0n) is 11.2. The van der Waals surface area contributed by atoms with Crippen LogP contribution in [-0.2, 0) is 0 Å². The molecule has 1 heterocycles. The Morgan fingerprint density at radius 1 is 1.42 bits per heavy atom. The number of rotatable bonds is 3. The third kappa shape index (κ3) is 3.85. The second-order valence-electron chi connectivity index (χ2n) is 5.13. The van der Waals surface area contributed by atoms with Crippen molar-refractivity contribution in [3.8, 4) is 0 Å². The van der Waals surface area contributed by atoms with E-state index in [1.165, 1.54) is 6.42 Å². The van der Waals surface area contributed by atoms with E-state index in [1.54, 1.807) is 12.1 Å². The molecule has 1 unspecified atom stereocenters. The quantitative estimate of drug-likeness (QED) is 0.894. The van der Waals surface area contributed by atoms with Gasteiger partial charge in [0.25, 0.3) is 0 Å². The van der Waals surface area contributed by atoms with Crippen molar-refractivity contribution in [3.05, 3.63) is 28.8 Å². The summed E-state index contributed by atoms with van der Waals surface area (Å²) in [6, 6.07) is 5.77. The van der Waals surface area contributed by atoms with E-state index in [2.05, 4.69) is 17.3 Å². The first-order valence-electron chi connectivity index (χ1n) is 6.60. The third-order valence-corrected chi connectivity index (χ3v) is 3.87. The first-order valence-corrected chi connectivity index (χ1v) is 6.98. The molecule has 1 aromatic carbocycles. The molecule has 5 heteroatoms. The molecule has 19 heavy (non-hydrogen) atoms. The number of amides is 1. The Morgan fingerprint density at radius 3 is 2.89 bits per heavy atom. The number of hydrogen-bond acceptors (Lipinski definition) is 3. The van der Waals surface area contributed by atoms with Gasteiger partial charge in [0, 0.05) is 11.7 Å². The summed E-state index contributed by atoms with van der Waals surface area (Å²) < 4.78 is 0. The second-order valence-corrected chi connectivity index (χ2v) is 5.54. The van der Waals surface area contributed by atoms with Crippen LogP contribution < -0.4 is 11.1 Å². The molecule has 2 rings (SSSR count). The summed E-state index contributed by atoms with van der Waals surface area (Å²) in [6.07, 6.45) is 3.46. The minimum atomic E-state index is -0.493. The Kier molecular flexibility index (Phi) is 4.66. The van der Waals surface area contributed by atoms with Crippen molar-refractivity contribution < 1.29 is 4.79 Å². The van der Waals surface area contributed by atoms with Crippen molar-refractivity contribution in [3.63, 3.8) is 0 Å². The highest BCUT2D eigenvalue weighted by Crippen LogP contribution is 2.23. The van der Waals surface area contributed by atoms with E-state index in [-0.39, 0.29) is 0 Å². The summed E-state index contributed by atoms with van der Waals surface area (Å²) in [6.45, 7) is 2.25. The van der Waals surface area contributed by atoms with Gasteiger partial charge in [-0.2, -0.15) is 0 Å². The molecule has 3 N–H and O–H groups in total. The average molecular weight is 282 g/mol. The van der Waals surface area contributed by atoms with Crippen LogP contribution >= 0.6 is 11.6 Å². The number of carbonyl (C=O) groups excluding carboxylic acids is 1. The fourth-order valence-electron chi connectivity index (χ4n) is 2.42. The molecule has 1 fully saturated rings. The maximum absolute atomic E-state index is 11.1. The molecule has 4 nitrogen and oxygen atoms in total. The number of anilines is 1. The predicted molar refractivity (Wildman–Crippen MR) is 78.7 cm³/mol. The molecular formula is C14H20ClN3O. The summed E-state index contributed by atoms with van der Waals surface area (Å²) in [5.41, 5.74) is 6.55. The summed E-state index contributed by atoms with van der Waals surface area (Å²) in [7, 11) is 2.15.